The van der Waals surface area contributed by atoms with Crippen molar-refractivity contribution in [2.45, 2.75) is 4.90 Å². The molecule has 0 radical (unpaired) electrons. The fourth-order valence-corrected chi connectivity index (χ4v) is 4.32. The van der Waals surface area contributed by atoms with Gasteiger partial charge in [0.15, 0.2) is 0 Å². The lowest BCUT2D eigenvalue weighted by Crippen LogP contribution is -2.16. The molecule has 0 aliphatic heterocycles. The molecular formula is C22H15ClFN3O3S. The van der Waals surface area contributed by atoms with Crippen molar-refractivity contribution >= 4 is 49.7 Å². The topological polar surface area (TPSA) is 88.2 Å². The molecule has 1 amide bonds. The number of carbonyl (C=O) groups excluding carboxylic acids is 1. The summed E-state index contributed by atoms with van der Waals surface area (Å²) in [5.74, 6) is -1.41. The molecule has 2 N–H and O–H groups in total. The van der Waals surface area contributed by atoms with Crippen LogP contribution in [-0.4, -0.2) is 19.3 Å². The molecule has 0 aliphatic rings. The minimum absolute atomic E-state index is 0.133. The van der Waals surface area contributed by atoms with Crippen molar-refractivity contribution in [3.8, 4) is 0 Å². The van der Waals surface area contributed by atoms with Gasteiger partial charge in [0.05, 0.1) is 0 Å². The van der Waals surface area contributed by atoms with E-state index < -0.39 is 26.6 Å². The van der Waals surface area contributed by atoms with Gasteiger partial charge in [-0.3, -0.25) is 14.5 Å². The van der Waals surface area contributed by atoms with E-state index in [9.17, 15) is 17.6 Å². The van der Waals surface area contributed by atoms with Gasteiger partial charge >= 0.3 is 0 Å². The highest BCUT2D eigenvalue weighted by Crippen LogP contribution is 2.25. The molecule has 3 aromatic carbocycles. The third kappa shape index (κ3) is 4.50. The number of hydrogen-bond acceptors (Lipinski definition) is 4. The maximum absolute atomic E-state index is 14.3. The number of pyridine rings is 1. The van der Waals surface area contributed by atoms with E-state index in [0.29, 0.717) is 16.0 Å². The number of halogens is 2. The lowest BCUT2D eigenvalue weighted by Gasteiger charge is -2.12. The minimum Gasteiger partial charge on any atom is -0.322 e. The van der Waals surface area contributed by atoms with Crippen LogP contribution in [-0.2, 0) is 10.0 Å². The van der Waals surface area contributed by atoms with Gasteiger partial charge < -0.3 is 5.32 Å². The SMILES string of the molecule is O=C(Nc1ccc(F)c(S(=O)(=O)Nc2ccc(Cl)cc2)c1)c1cccc2cnccc12. The number of anilines is 2. The Morgan fingerprint density at radius 2 is 1.71 bits per heavy atom. The quantitative estimate of drug-likeness (QED) is 0.439. The molecule has 0 bridgehead atoms. The van der Waals surface area contributed by atoms with Crippen molar-refractivity contribution in [2.75, 3.05) is 10.0 Å². The molecule has 4 aromatic rings. The van der Waals surface area contributed by atoms with Crippen LogP contribution in [0, 0.1) is 5.82 Å². The van der Waals surface area contributed by atoms with E-state index in [4.69, 9.17) is 11.6 Å². The first-order valence-corrected chi connectivity index (χ1v) is 10.9. The lowest BCUT2D eigenvalue weighted by molar-refractivity contribution is 0.102. The maximum Gasteiger partial charge on any atom is 0.264 e. The number of nitrogens with one attached hydrogen (secondary N) is 2. The fourth-order valence-electron chi connectivity index (χ4n) is 3.03. The molecule has 1 aromatic heterocycles. The Kier molecular flexibility index (Phi) is 5.58. The van der Waals surface area contributed by atoms with E-state index in [1.807, 2.05) is 6.07 Å². The molecule has 0 aliphatic carbocycles. The van der Waals surface area contributed by atoms with E-state index in [0.717, 1.165) is 17.5 Å². The van der Waals surface area contributed by atoms with Gasteiger partial charge in [-0.1, -0.05) is 23.7 Å². The second kappa shape index (κ2) is 8.33. The Hall–Kier alpha value is -3.49. The standard InChI is InChI=1S/C22H15ClFN3O3S/c23-15-4-6-16(7-5-15)27-31(29,30)21-12-17(8-9-20(21)24)26-22(28)19-3-1-2-14-13-25-11-10-18(14)19/h1-13,27H,(H,26,28). The number of hydrogen-bond donors (Lipinski definition) is 2. The van der Waals surface area contributed by atoms with Crippen LogP contribution in [0.2, 0.25) is 5.02 Å². The van der Waals surface area contributed by atoms with Gasteiger partial charge in [-0.25, -0.2) is 12.8 Å². The second-order valence-electron chi connectivity index (χ2n) is 6.61. The van der Waals surface area contributed by atoms with E-state index in [2.05, 4.69) is 15.0 Å². The molecule has 9 heteroatoms. The van der Waals surface area contributed by atoms with Gasteiger partial charge in [-0.2, -0.15) is 0 Å². The van der Waals surface area contributed by atoms with Crippen LogP contribution in [0.1, 0.15) is 10.4 Å². The van der Waals surface area contributed by atoms with Crippen molar-refractivity contribution in [1.29, 1.82) is 0 Å². The lowest BCUT2D eigenvalue weighted by atomic mass is 10.1. The van der Waals surface area contributed by atoms with E-state index >= 15 is 0 Å². The largest absolute Gasteiger partial charge is 0.322 e. The molecule has 1 heterocycles. The number of rotatable bonds is 5. The molecule has 0 saturated carbocycles. The van der Waals surface area contributed by atoms with Crippen molar-refractivity contribution in [3.63, 3.8) is 0 Å². The highest BCUT2D eigenvalue weighted by molar-refractivity contribution is 7.92. The van der Waals surface area contributed by atoms with Crippen LogP contribution >= 0.6 is 11.6 Å². The third-order valence-electron chi connectivity index (χ3n) is 4.50. The van der Waals surface area contributed by atoms with Gasteiger partial charge in [-0.05, 0) is 60.0 Å². The summed E-state index contributed by atoms with van der Waals surface area (Å²) in [6, 6.07) is 16.2. The molecular weight excluding hydrogens is 441 g/mol. The van der Waals surface area contributed by atoms with Crippen LogP contribution in [0.25, 0.3) is 10.8 Å². The Balaban J connectivity index is 1.63. The first kappa shape index (κ1) is 20.8. The summed E-state index contributed by atoms with van der Waals surface area (Å²) in [6.45, 7) is 0. The van der Waals surface area contributed by atoms with Crippen molar-refractivity contribution in [2.24, 2.45) is 0 Å². The molecule has 4 rings (SSSR count). The molecule has 0 atom stereocenters. The molecule has 0 saturated heterocycles. The number of nitrogens with zero attached hydrogens (tertiary/aromatic N) is 1. The Labute approximate surface area is 182 Å². The molecule has 0 unspecified atom stereocenters. The number of amides is 1. The smallest absolute Gasteiger partial charge is 0.264 e. The summed E-state index contributed by atoms with van der Waals surface area (Å²) in [6.07, 6.45) is 3.21. The zero-order valence-electron chi connectivity index (χ0n) is 15.8. The average Bonchev–Trinajstić information content (AvgIpc) is 2.76. The Bertz CT molecular complexity index is 1390. The van der Waals surface area contributed by atoms with Gasteiger partial charge in [-0.15, -0.1) is 0 Å². The third-order valence-corrected chi connectivity index (χ3v) is 6.15. The Morgan fingerprint density at radius 3 is 2.48 bits per heavy atom. The summed E-state index contributed by atoms with van der Waals surface area (Å²) in [4.78, 5) is 16.2. The minimum atomic E-state index is -4.24. The van der Waals surface area contributed by atoms with Crippen LogP contribution in [0.15, 0.2) is 84.0 Å². The average molecular weight is 456 g/mol. The first-order valence-electron chi connectivity index (χ1n) is 9.05. The number of aromatic nitrogens is 1. The highest BCUT2D eigenvalue weighted by atomic mass is 35.5. The molecule has 0 fully saturated rings. The monoisotopic (exact) mass is 455 g/mol. The molecule has 6 nitrogen and oxygen atoms in total. The summed E-state index contributed by atoms with van der Waals surface area (Å²) < 4.78 is 42.0. The van der Waals surface area contributed by atoms with Crippen LogP contribution in [0.4, 0.5) is 15.8 Å². The zero-order chi connectivity index (χ0) is 22.0. The molecule has 156 valence electrons. The fraction of sp³-hybridized carbons (Fsp3) is 0. The number of carbonyl (C=O) groups is 1. The van der Waals surface area contributed by atoms with Gasteiger partial charge in [0, 0.05) is 39.7 Å². The van der Waals surface area contributed by atoms with E-state index in [1.165, 1.54) is 30.3 Å². The van der Waals surface area contributed by atoms with Crippen LogP contribution in [0.5, 0.6) is 0 Å². The predicted octanol–water partition coefficient (Wildman–Crippen LogP) is 5.08. The number of fused-ring (bicyclic) bond motifs is 1. The highest BCUT2D eigenvalue weighted by Gasteiger charge is 2.21. The van der Waals surface area contributed by atoms with E-state index in [1.54, 1.807) is 30.6 Å². The van der Waals surface area contributed by atoms with Crippen molar-refractivity contribution in [1.82, 2.24) is 4.98 Å². The predicted molar refractivity (Wildman–Crippen MR) is 118 cm³/mol. The van der Waals surface area contributed by atoms with Gasteiger partial charge in [0.1, 0.15) is 10.7 Å². The number of benzene rings is 3. The Morgan fingerprint density at radius 1 is 0.968 bits per heavy atom. The van der Waals surface area contributed by atoms with Crippen molar-refractivity contribution < 1.29 is 17.6 Å². The molecule has 0 spiro atoms. The van der Waals surface area contributed by atoms with Gasteiger partial charge in [0.25, 0.3) is 15.9 Å². The maximum atomic E-state index is 14.3. The summed E-state index contributed by atoms with van der Waals surface area (Å²) in [7, 11) is -4.24. The number of sulfonamides is 1. The second-order valence-corrected chi connectivity index (χ2v) is 8.70. The van der Waals surface area contributed by atoms with Crippen LogP contribution < -0.4 is 10.0 Å². The summed E-state index contributed by atoms with van der Waals surface area (Å²) in [5, 5.41) is 4.53. The first-order chi connectivity index (χ1) is 14.8. The van der Waals surface area contributed by atoms with E-state index in [-0.39, 0.29) is 11.4 Å². The summed E-state index contributed by atoms with van der Waals surface area (Å²) in [5.41, 5.74) is 0.740. The van der Waals surface area contributed by atoms with Gasteiger partial charge in [0.2, 0.25) is 0 Å². The normalized spacial score (nSPS) is 11.3. The molecule has 31 heavy (non-hydrogen) atoms. The van der Waals surface area contributed by atoms with Crippen LogP contribution in [0.3, 0.4) is 0 Å². The zero-order valence-corrected chi connectivity index (χ0v) is 17.4. The van der Waals surface area contributed by atoms with Crippen molar-refractivity contribution in [3.05, 3.63) is 95.5 Å². The summed E-state index contributed by atoms with van der Waals surface area (Å²) >= 11 is 5.80.